The van der Waals surface area contributed by atoms with Crippen molar-refractivity contribution in [3.05, 3.63) is 70.0 Å². The van der Waals surface area contributed by atoms with Crippen molar-refractivity contribution in [3.8, 4) is 11.6 Å². The van der Waals surface area contributed by atoms with Crippen LogP contribution in [0.5, 0.6) is 5.88 Å². The molecule has 0 radical (unpaired) electrons. The van der Waals surface area contributed by atoms with Crippen molar-refractivity contribution in [2.75, 3.05) is 0 Å². The summed E-state index contributed by atoms with van der Waals surface area (Å²) in [5.74, 6) is 0.451. The van der Waals surface area contributed by atoms with Gasteiger partial charge in [0.05, 0.1) is 23.6 Å². The second-order valence-electron chi connectivity index (χ2n) is 5.35. The Bertz CT molecular complexity index is 941. The number of carbonyl (C=O) groups excluding carboxylic acids is 1. The van der Waals surface area contributed by atoms with Gasteiger partial charge in [0, 0.05) is 0 Å². The molecular formula is C17H13N3O3. The average molecular weight is 307 g/mol. The van der Waals surface area contributed by atoms with Gasteiger partial charge in [-0.15, -0.1) is 0 Å². The first-order chi connectivity index (χ1) is 11.2. The van der Waals surface area contributed by atoms with Crippen molar-refractivity contribution >= 4 is 12.0 Å². The Balaban J connectivity index is 2.11. The predicted octanol–water partition coefficient (Wildman–Crippen LogP) is 1.96. The summed E-state index contributed by atoms with van der Waals surface area (Å²) >= 11 is 0. The quantitative estimate of drug-likeness (QED) is 0.807. The van der Waals surface area contributed by atoms with Gasteiger partial charge in [0.2, 0.25) is 5.88 Å². The molecule has 1 atom stereocenters. The molecule has 1 aromatic carbocycles. The van der Waals surface area contributed by atoms with Crippen LogP contribution in [-0.4, -0.2) is 15.5 Å². The summed E-state index contributed by atoms with van der Waals surface area (Å²) in [4.78, 5) is 29.8. The summed E-state index contributed by atoms with van der Waals surface area (Å²) in [6.07, 6.45) is 6.54. The molecule has 0 saturated carbocycles. The maximum atomic E-state index is 13.0. The number of benzene rings is 1. The molecule has 23 heavy (non-hydrogen) atoms. The van der Waals surface area contributed by atoms with Crippen molar-refractivity contribution in [3.63, 3.8) is 0 Å². The van der Waals surface area contributed by atoms with Crippen LogP contribution < -0.4 is 15.6 Å². The largest absolute Gasteiger partial charge is 0.446 e. The molecule has 0 bridgehead atoms. The Morgan fingerprint density at radius 2 is 2.04 bits per heavy atom. The third-order valence-corrected chi connectivity index (χ3v) is 3.87. The SMILES string of the molecule is C[C@@H]1NC(=O)c2ccccc2-n2c1nc1c(c2=O)C=CC=CO1. The second-order valence-corrected chi connectivity index (χ2v) is 5.35. The first kappa shape index (κ1) is 13.5. The smallest absolute Gasteiger partial charge is 0.269 e. The van der Waals surface area contributed by atoms with E-state index in [9.17, 15) is 9.59 Å². The third kappa shape index (κ3) is 1.99. The lowest BCUT2D eigenvalue weighted by atomic mass is 10.1. The lowest BCUT2D eigenvalue weighted by Crippen LogP contribution is -2.29. The average Bonchev–Trinajstić information content (AvgIpc) is 2.84. The van der Waals surface area contributed by atoms with E-state index in [1.807, 2.05) is 0 Å². The van der Waals surface area contributed by atoms with Crippen LogP contribution in [0.3, 0.4) is 0 Å². The minimum atomic E-state index is -0.423. The fourth-order valence-electron chi connectivity index (χ4n) is 2.79. The Morgan fingerprint density at radius 3 is 2.91 bits per heavy atom. The van der Waals surface area contributed by atoms with Crippen LogP contribution in [0.25, 0.3) is 11.8 Å². The normalized spacial score (nSPS) is 18.0. The van der Waals surface area contributed by atoms with Gasteiger partial charge in [-0.05, 0) is 31.2 Å². The van der Waals surface area contributed by atoms with E-state index in [0.717, 1.165) is 0 Å². The van der Waals surface area contributed by atoms with Crippen LogP contribution in [-0.2, 0) is 0 Å². The summed E-state index contributed by atoms with van der Waals surface area (Å²) in [5.41, 5.74) is 1.06. The topological polar surface area (TPSA) is 73.2 Å². The molecule has 0 saturated heterocycles. The van der Waals surface area contributed by atoms with Gasteiger partial charge in [-0.2, -0.15) is 4.98 Å². The van der Waals surface area contributed by atoms with Crippen LogP contribution in [0.15, 0.2) is 47.5 Å². The molecule has 0 unspecified atom stereocenters. The first-order valence-corrected chi connectivity index (χ1v) is 7.24. The lowest BCUT2D eigenvalue weighted by Gasteiger charge is -2.16. The third-order valence-electron chi connectivity index (χ3n) is 3.87. The van der Waals surface area contributed by atoms with Crippen LogP contribution in [0.2, 0.25) is 0 Å². The molecule has 1 aromatic heterocycles. The highest BCUT2D eigenvalue weighted by Crippen LogP contribution is 2.26. The number of hydrogen-bond donors (Lipinski definition) is 1. The van der Waals surface area contributed by atoms with Gasteiger partial charge in [-0.1, -0.05) is 18.2 Å². The monoisotopic (exact) mass is 307 g/mol. The Labute approximate surface area is 131 Å². The number of amides is 1. The summed E-state index contributed by atoms with van der Waals surface area (Å²) < 4.78 is 6.90. The maximum Gasteiger partial charge on any atom is 0.269 e. The van der Waals surface area contributed by atoms with Gasteiger partial charge in [-0.25, -0.2) is 0 Å². The predicted molar refractivity (Wildman–Crippen MR) is 84.5 cm³/mol. The number of fused-ring (bicyclic) bond motifs is 4. The summed E-state index contributed by atoms with van der Waals surface area (Å²) in [7, 11) is 0. The zero-order valence-electron chi connectivity index (χ0n) is 12.3. The molecule has 2 aliphatic heterocycles. The van der Waals surface area contributed by atoms with E-state index in [0.29, 0.717) is 22.6 Å². The van der Waals surface area contributed by atoms with E-state index in [-0.39, 0.29) is 17.3 Å². The standard InChI is InChI=1S/C17H13N3O3/c1-10-14-19-16-12(7-4-5-9-23-16)17(22)20(14)13-8-3-2-6-11(13)15(21)18-10/h2-10H,1H3,(H,18,21)/t10-/m0/s1. The molecule has 114 valence electrons. The van der Waals surface area contributed by atoms with E-state index in [4.69, 9.17) is 4.74 Å². The van der Waals surface area contributed by atoms with Crippen LogP contribution in [0.4, 0.5) is 0 Å². The Morgan fingerprint density at radius 1 is 1.22 bits per heavy atom. The second kappa shape index (κ2) is 4.95. The maximum absolute atomic E-state index is 13.0. The van der Waals surface area contributed by atoms with E-state index < -0.39 is 6.04 Å². The molecule has 4 rings (SSSR count). The molecule has 6 heteroatoms. The van der Waals surface area contributed by atoms with Crippen LogP contribution in [0.1, 0.15) is 34.7 Å². The number of carbonyl (C=O) groups is 1. The molecule has 0 fully saturated rings. The zero-order valence-corrected chi connectivity index (χ0v) is 12.3. The van der Waals surface area contributed by atoms with E-state index >= 15 is 0 Å². The number of rotatable bonds is 0. The number of nitrogens with one attached hydrogen (secondary N) is 1. The van der Waals surface area contributed by atoms with Crippen LogP contribution >= 0.6 is 0 Å². The summed E-state index contributed by atoms with van der Waals surface area (Å²) in [5, 5.41) is 2.85. The minimum absolute atomic E-state index is 0.232. The Kier molecular flexibility index (Phi) is 2.90. The van der Waals surface area contributed by atoms with Crippen LogP contribution in [0, 0.1) is 0 Å². The molecule has 1 amide bonds. The van der Waals surface area contributed by atoms with Crippen molar-refractivity contribution < 1.29 is 9.53 Å². The Hall–Kier alpha value is -3.15. The highest BCUT2D eigenvalue weighted by molar-refractivity contribution is 5.98. The zero-order chi connectivity index (χ0) is 16.0. The van der Waals surface area contributed by atoms with E-state index in [1.165, 1.54) is 10.8 Å². The van der Waals surface area contributed by atoms with Crippen molar-refractivity contribution in [2.24, 2.45) is 0 Å². The van der Waals surface area contributed by atoms with Gasteiger partial charge in [-0.3, -0.25) is 14.2 Å². The number of nitrogens with zero attached hydrogens (tertiary/aromatic N) is 2. The van der Waals surface area contributed by atoms with Crippen molar-refractivity contribution in [1.82, 2.24) is 14.9 Å². The molecule has 2 aliphatic rings. The number of allylic oxidation sites excluding steroid dienone is 2. The number of aromatic nitrogens is 2. The van der Waals surface area contributed by atoms with E-state index in [1.54, 1.807) is 49.4 Å². The van der Waals surface area contributed by atoms with Gasteiger partial charge >= 0.3 is 0 Å². The molecule has 2 aromatic rings. The van der Waals surface area contributed by atoms with Crippen molar-refractivity contribution in [1.29, 1.82) is 0 Å². The molecule has 0 aliphatic carbocycles. The lowest BCUT2D eigenvalue weighted by molar-refractivity contribution is 0.0941. The summed E-state index contributed by atoms with van der Waals surface area (Å²) in [6.45, 7) is 1.79. The first-order valence-electron chi connectivity index (χ1n) is 7.24. The summed E-state index contributed by atoms with van der Waals surface area (Å²) in [6, 6.07) is 6.57. The number of para-hydroxylation sites is 1. The van der Waals surface area contributed by atoms with Gasteiger partial charge < -0.3 is 10.1 Å². The highest BCUT2D eigenvalue weighted by Gasteiger charge is 2.28. The molecular weight excluding hydrogens is 294 g/mol. The fourth-order valence-corrected chi connectivity index (χ4v) is 2.79. The minimum Gasteiger partial charge on any atom is -0.446 e. The van der Waals surface area contributed by atoms with E-state index in [2.05, 4.69) is 10.3 Å². The molecule has 3 heterocycles. The number of ether oxygens (including phenoxy) is 1. The van der Waals surface area contributed by atoms with Gasteiger partial charge in [0.15, 0.2) is 0 Å². The fraction of sp³-hybridized carbons (Fsp3) is 0.118. The van der Waals surface area contributed by atoms with Crippen molar-refractivity contribution in [2.45, 2.75) is 13.0 Å². The molecule has 0 spiro atoms. The number of hydrogen-bond acceptors (Lipinski definition) is 4. The van der Waals surface area contributed by atoms with Gasteiger partial charge in [0.25, 0.3) is 11.5 Å². The molecule has 6 nitrogen and oxygen atoms in total. The van der Waals surface area contributed by atoms with Gasteiger partial charge in [0.1, 0.15) is 11.4 Å². The highest BCUT2D eigenvalue weighted by atomic mass is 16.5. The molecule has 1 N–H and O–H groups in total.